The minimum absolute atomic E-state index is 0.161. The molecule has 1 aliphatic carbocycles. The van der Waals surface area contributed by atoms with Gasteiger partial charge in [0.05, 0.1) is 5.41 Å². The predicted molar refractivity (Wildman–Crippen MR) is 75.5 cm³/mol. The molecule has 1 saturated heterocycles. The molecule has 0 amide bonds. The summed E-state index contributed by atoms with van der Waals surface area (Å²) in [6.45, 7) is 4.34. The standard InChI is InChI=1S/C15H25N3O2/c1-11-2-4-12(5-3-11)13-17-14(20-18-13)15(10-16)6-8-19-9-7-15/h11-12H,2-10,16H2,1H3. The van der Waals surface area contributed by atoms with Crippen molar-refractivity contribution in [3.63, 3.8) is 0 Å². The molecule has 1 aliphatic heterocycles. The molecule has 0 bridgehead atoms. The van der Waals surface area contributed by atoms with E-state index >= 15 is 0 Å². The Hall–Kier alpha value is -0.940. The number of ether oxygens (including phenoxy) is 1. The first-order valence-corrected chi connectivity index (χ1v) is 7.85. The van der Waals surface area contributed by atoms with E-state index in [1.165, 1.54) is 25.7 Å². The van der Waals surface area contributed by atoms with E-state index < -0.39 is 0 Å². The first-order chi connectivity index (χ1) is 9.73. The Kier molecular flexibility index (Phi) is 4.08. The Morgan fingerprint density at radius 3 is 2.55 bits per heavy atom. The van der Waals surface area contributed by atoms with Crippen LogP contribution in [0.5, 0.6) is 0 Å². The fraction of sp³-hybridized carbons (Fsp3) is 0.867. The van der Waals surface area contributed by atoms with Crippen LogP contribution in [0.15, 0.2) is 4.52 Å². The van der Waals surface area contributed by atoms with Gasteiger partial charge in [0.25, 0.3) is 0 Å². The summed E-state index contributed by atoms with van der Waals surface area (Å²) >= 11 is 0. The van der Waals surface area contributed by atoms with Crippen molar-refractivity contribution in [1.29, 1.82) is 0 Å². The molecule has 0 aromatic carbocycles. The molecule has 1 saturated carbocycles. The first kappa shape index (κ1) is 14.0. The van der Waals surface area contributed by atoms with Gasteiger partial charge in [-0.05, 0) is 31.6 Å². The Morgan fingerprint density at radius 1 is 1.20 bits per heavy atom. The van der Waals surface area contributed by atoms with Gasteiger partial charge < -0.3 is 15.0 Å². The van der Waals surface area contributed by atoms with Crippen LogP contribution in [-0.2, 0) is 10.2 Å². The van der Waals surface area contributed by atoms with Crippen LogP contribution in [-0.4, -0.2) is 29.9 Å². The van der Waals surface area contributed by atoms with Crippen molar-refractivity contribution in [3.8, 4) is 0 Å². The number of nitrogens with two attached hydrogens (primary N) is 1. The van der Waals surface area contributed by atoms with Crippen LogP contribution in [0.4, 0.5) is 0 Å². The van der Waals surface area contributed by atoms with Crippen molar-refractivity contribution < 1.29 is 9.26 Å². The lowest BCUT2D eigenvalue weighted by atomic mass is 9.80. The minimum Gasteiger partial charge on any atom is -0.381 e. The lowest BCUT2D eigenvalue weighted by Gasteiger charge is -2.32. The molecule has 112 valence electrons. The van der Waals surface area contributed by atoms with Crippen molar-refractivity contribution in [2.75, 3.05) is 19.8 Å². The zero-order chi connectivity index (χ0) is 14.0. The fourth-order valence-electron chi connectivity index (χ4n) is 3.40. The monoisotopic (exact) mass is 279 g/mol. The SMILES string of the molecule is CC1CCC(c2noc(C3(CN)CCOCC3)n2)CC1. The Bertz CT molecular complexity index is 432. The second-order valence-corrected chi connectivity index (χ2v) is 6.51. The van der Waals surface area contributed by atoms with E-state index in [9.17, 15) is 0 Å². The van der Waals surface area contributed by atoms with Gasteiger partial charge in [0.15, 0.2) is 5.82 Å². The van der Waals surface area contributed by atoms with Crippen LogP contribution in [0, 0.1) is 5.92 Å². The van der Waals surface area contributed by atoms with E-state index in [1.54, 1.807) is 0 Å². The molecular weight excluding hydrogens is 254 g/mol. The molecule has 0 spiro atoms. The van der Waals surface area contributed by atoms with Gasteiger partial charge in [-0.3, -0.25) is 0 Å². The quantitative estimate of drug-likeness (QED) is 0.919. The summed E-state index contributed by atoms with van der Waals surface area (Å²) in [7, 11) is 0. The highest BCUT2D eigenvalue weighted by atomic mass is 16.5. The molecule has 2 aliphatic rings. The molecule has 2 N–H and O–H groups in total. The lowest BCUT2D eigenvalue weighted by molar-refractivity contribution is 0.0409. The van der Waals surface area contributed by atoms with Gasteiger partial charge in [0.1, 0.15) is 0 Å². The van der Waals surface area contributed by atoms with Crippen LogP contribution in [0.1, 0.15) is 63.1 Å². The van der Waals surface area contributed by atoms with Crippen molar-refractivity contribution in [3.05, 3.63) is 11.7 Å². The summed E-state index contributed by atoms with van der Waals surface area (Å²) in [6.07, 6.45) is 6.66. The van der Waals surface area contributed by atoms with Gasteiger partial charge in [0, 0.05) is 25.7 Å². The Balaban J connectivity index is 1.75. The summed E-state index contributed by atoms with van der Waals surface area (Å²) in [5, 5.41) is 4.25. The second kappa shape index (κ2) is 5.82. The Labute approximate surface area is 120 Å². The normalized spacial score (nSPS) is 30.3. The average molecular weight is 279 g/mol. The molecule has 3 rings (SSSR count). The molecule has 5 heteroatoms. The molecule has 0 atom stereocenters. The molecule has 2 fully saturated rings. The summed E-state index contributed by atoms with van der Waals surface area (Å²) in [5.41, 5.74) is 5.83. The number of rotatable bonds is 3. The van der Waals surface area contributed by atoms with E-state index in [2.05, 4.69) is 12.1 Å². The number of hydrogen-bond donors (Lipinski definition) is 1. The first-order valence-electron chi connectivity index (χ1n) is 7.85. The molecule has 20 heavy (non-hydrogen) atoms. The number of nitrogens with zero attached hydrogens (tertiary/aromatic N) is 2. The summed E-state index contributed by atoms with van der Waals surface area (Å²) in [5.74, 6) is 2.94. The molecule has 5 nitrogen and oxygen atoms in total. The van der Waals surface area contributed by atoms with Crippen LogP contribution in [0.3, 0.4) is 0 Å². The lowest BCUT2D eigenvalue weighted by Crippen LogP contribution is -2.41. The number of aromatic nitrogens is 2. The highest BCUT2D eigenvalue weighted by molar-refractivity contribution is 5.09. The van der Waals surface area contributed by atoms with E-state index in [1.807, 2.05) is 0 Å². The van der Waals surface area contributed by atoms with Gasteiger partial charge in [-0.15, -0.1) is 0 Å². The third kappa shape index (κ3) is 2.61. The van der Waals surface area contributed by atoms with Crippen LogP contribution >= 0.6 is 0 Å². The molecular formula is C15H25N3O2. The summed E-state index contributed by atoms with van der Waals surface area (Å²) in [4.78, 5) is 4.71. The van der Waals surface area contributed by atoms with Crippen LogP contribution < -0.4 is 5.73 Å². The summed E-state index contributed by atoms with van der Waals surface area (Å²) in [6, 6.07) is 0. The largest absolute Gasteiger partial charge is 0.381 e. The minimum atomic E-state index is -0.161. The van der Waals surface area contributed by atoms with E-state index in [0.717, 1.165) is 43.7 Å². The van der Waals surface area contributed by atoms with Crippen molar-refractivity contribution in [2.45, 2.75) is 56.8 Å². The molecule has 2 heterocycles. The zero-order valence-electron chi connectivity index (χ0n) is 12.3. The van der Waals surface area contributed by atoms with Gasteiger partial charge in [-0.1, -0.05) is 24.9 Å². The molecule has 1 aromatic rings. The molecule has 0 unspecified atom stereocenters. The van der Waals surface area contributed by atoms with Gasteiger partial charge >= 0.3 is 0 Å². The molecule has 1 aromatic heterocycles. The Morgan fingerprint density at radius 2 is 1.90 bits per heavy atom. The van der Waals surface area contributed by atoms with Crippen LogP contribution in [0.25, 0.3) is 0 Å². The van der Waals surface area contributed by atoms with Gasteiger partial charge in [-0.25, -0.2) is 0 Å². The third-order valence-corrected chi connectivity index (χ3v) is 5.12. The van der Waals surface area contributed by atoms with E-state index in [0.29, 0.717) is 12.5 Å². The van der Waals surface area contributed by atoms with E-state index in [-0.39, 0.29) is 5.41 Å². The van der Waals surface area contributed by atoms with E-state index in [4.69, 9.17) is 20.0 Å². The topological polar surface area (TPSA) is 74.2 Å². The predicted octanol–water partition coefficient (Wildman–Crippen LogP) is 2.37. The third-order valence-electron chi connectivity index (χ3n) is 5.12. The van der Waals surface area contributed by atoms with Crippen molar-refractivity contribution in [2.24, 2.45) is 11.7 Å². The highest BCUT2D eigenvalue weighted by Crippen LogP contribution is 2.37. The van der Waals surface area contributed by atoms with Crippen molar-refractivity contribution >= 4 is 0 Å². The average Bonchev–Trinajstić information content (AvgIpc) is 2.99. The maximum Gasteiger partial charge on any atom is 0.234 e. The smallest absolute Gasteiger partial charge is 0.234 e. The van der Waals surface area contributed by atoms with Crippen LogP contribution in [0.2, 0.25) is 0 Å². The van der Waals surface area contributed by atoms with Gasteiger partial charge in [-0.2, -0.15) is 4.98 Å². The second-order valence-electron chi connectivity index (χ2n) is 6.51. The van der Waals surface area contributed by atoms with Crippen molar-refractivity contribution in [1.82, 2.24) is 10.1 Å². The van der Waals surface area contributed by atoms with Gasteiger partial charge in [0.2, 0.25) is 5.89 Å². The maximum atomic E-state index is 5.99. The maximum absolute atomic E-state index is 5.99. The highest BCUT2D eigenvalue weighted by Gasteiger charge is 2.39. The number of hydrogen-bond acceptors (Lipinski definition) is 5. The zero-order valence-corrected chi connectivity index (χ0v) is 12.3. The summed E-state index contributed by atoms with van der Waals surface area (Å²) < 4.78 is 11.0. The fourth-order valence-corrected chi connectivity index (χ4v) is 3.40. The molecule has 0 radical (unpaired) electrons.